The number of benzene rings is 2. The molecule has 136 valence electrons. The van der Waals surface area contributed by atoms with Crippen LogP contribution in [0.25, 0.3) is 6.08 Å². The lowest BCUT2D eigenvalue weighted by molar-refractivity contribution is -0.129. The van der Waals surface area contributed by atoms with Gasteiger partial charge >= 0.3 is 12.6 Å². The average Bonchev–Trinajstić information content (AvgIpc) is 3.01. The number of rotatable bonds is 6. The maximum atomic E-state index is 12.5. The molecule has 1 heterocycles. The number of hydrogen-bond donors (Lipinski definition) is 0. The van der Waals surface area contributed by atoms with Gasteiger partial charge in [0.15, 0.2) is 12.3 Å². The van der Waals surface area contributed by atoms with Crippen LogP contribution in [0.3, 0.4) is 0 Å². The molecular weight excluding hydrogens is 358 g/mol. The van der Waals surface area contributed by atoms with Gasteiger partial charge in [0.1, 0.15) is 17.6 Å². The van der Waals surface area contributed by atoms with Crippen molar-refractivity contribution in [3.05, 3.63) is 65.4 Å². The predicted molar refractivity (Wildman–Crippen MR) is 91.2 cm³/mol. The van der Waals surface area contributed by atoms with Crippen molar-refractivity contribution >= 4 is 17.9 Å². The molecule has 0 fully saturated rings. The van der Waals surface area contributed by atoms with Crippen molar-refractivity contribution < 1.29 is 27.8 Å². The molecule has 3 rings (SSSR count). The van der Waals surface area contributed by atoms with Crippen molar-refractivity contribution in [1.82, 2.24) is 0 Å². The van der Waals surface area contributed by atoms with Crippen LogP contribution >= 0.6 is 0 Å². The van der Waals surface area contributed by atoms with Gasteiger partial charge in [-0.2, -0.15) is 14.0 Å². The zero-order valence-corrected chi connectivity index (χ0v) is 13.8. The Morgan fingerprint density at radius 2 is 1.93 bits per heavy atom. The summed E-state index contributed by atoms with van der Waals surface area (Å²) in [5.74, 6) is -0.451. The zero-order valence-electron chi connectivity index (χ0n) is 13.8. The van der Waals surface area contributed by atoms with Crippen LogP contribution < -0.4 is 9.47 Å². The Kier molecular flexibility index (Phi) is 5.42. The third-order valence-electron chi connectivity index (χ3n) is 3.44. The summed E-state index contributed by atoms with van der Waals surface area (Å²) in [4.78, 5) is 16.1. The van der Waals surface area contributed by atoms with Crippen LogP contribution in [0.2, 0.25) is 0 Å². The molecule has 0 unspecified atom stereocenters. The van der Waals surface area contributed by atoms with E-state index in [0.717, 1.165) is 0 Å². The smallest absolute Gasteiger partial charge is 0.387 e. The van der Waals surface area contributed by atoms with E-state index in [1.54, 1.807) is 30.3 Å². The Morgan fingerprint density at radius 1 is 1.19 bits per heavy atom. The second kappa shape index (κ2) is 8.10. The zero-order chi connectivity index (χ0) is 19.2. The minimum Gasteiger partial charge on any atom is -0.479 e. The van der Waals surface area contributed by atoms with Crippen molar-refractivity contribution in [3.8, 4) is 17.6 Å². The number of aliphatic imine (C=N–C) groups is 1. The summed E-state index contributed by atoms with van der Waals surface area (Å²) < 4.78 is 39.7. The standard InChI is InChI=1S/C19H12F2N2O4/c20-19(21)26-16-4-2-1-3-14(16)17-23-15(18(24)27-17)11-12-5-7-13(8-6-12)25-10-9-22/h1-8,11,19H,10H2/b15-11-. The molecule has 2 aromatic carbocycles. The largest absolute Gasteiger partial charge is 0.479 e. The number of halogens is 2. The fourth-order valence-electron chi connectivity index (χ4n) is 2.30. The Labute approximate surface area is 152 Å². The highest BCUT2D eigenvalue weighted by Gasteiger charge is 2.26. The number of hydrogen-bond acceptors (Lipinski definition) is 6. The molecular formula is C19H12F2N2O4. The maximum absolute atomic E-state index is 12.5. The molecule has 0 aliphatic carbocycles. The lowest BCUT2D eigenvalue weighted by Gasteiger charge is -2.08. The van der Waals surface area contributed by atoms with E-state index in [2.05, 4.69) is 9.73 Å². The molecule has 0 spiro atoms. The van der Waals surface area contributed by atoms with Gasteiger partial charge in [-0.1, -0.05) is 24.3 Å². The summed E-state index contributed by atoms with van der Waals surface area (Å²) in [6.45, 7) is -3.08. The van der Waals surface area contributed by atoms with Gasteiger partial charge in [0.25, 0.3) is 0 Å². The summed E-state index contributed by atoms with van der Waals surface area (Å²) in [7, 11) is 0. The fourth-order valence-corrected chi connectivity index (χ4v) is 2.30. The Bertz CT molecular complexity index is 947. The Hall–Kier alpha value is -3.73. The highest BCUT2D eigenvalue weighted by atomic mass is 19.3. The third-order valence-corrected chi connectivity index (χ3v) is 3.44. The lowest BCUT2D eigenvalue weighted by atomic mass is 10.2. The molecule has 0 amide bonds. The minimum absolute atomic E-state index is 0.0162. The number of esters is 1. The van der Waals surface area contributed by atoms with Gasteiger partial charge < -0.3 is 14.2 Å². The molecule has 0 atom stereocenters. The fraction of sp³-hybridized carbons (Fsp3) is 0.105. The van der Waals surface area contributed by atoms with Crippen LogP contribution in [0.4, 0.5) is 8.78 Å². The van der Waals surface area contributed by atoms with E-state index in [-0.39, 0.29) is 29.5 Å². The van der Waals surface area contributed by atoms with Crippen LogP contribution in [0.1, 0.15) is 11.1 Å². The number of ether oxygens (including phenoxy) is 3. The molecule has 2 aromatic rings. The molecule has 0 N–H and O–H groups in total. The second-order valence-corrected chi connectivity index (χ2v) is 5.23. The van der Waals surface area contributed by atoms with Crippen molar-refractivity contribution in [3.63, 3.8) is 0 Å². The number of para-hydroxylation sites is 1. The quantitative estimate of drug-likeness (QED) is 0.574. The second-order valence-electron chi connectivity index (χ2n) is 5.23. The van der Waals surface area contributed by atoms with E-state index in [4.69, 9.17) is 14.7 Å². The molecule has 0 bridgehead atoms. The SMILES string of the molecule is N#CCOc1ccc(/C=C2\N=C(c3ccccc3OC(F)F)OC2=O)cc1. The Morgan fingerprint density at radius 3 is 2.63 bits per heavy atom. The van der Waals surface area contributed by atoms with E-state index in [0.29, 0.717) is 11.3 Å². The topological polar surface area (TPSA) is 80.9 Å². The first kappa shape index (κ1) is 18.1. The number of carbonyl (C=O) groups is 1. The number of cyclic esters (lactones) is 1. The van der Waals surface area contributed by atoms with Crippen molar-refractivity contribution in [1.29, 1.82) is 5.26 Å². The van der Waals surface area contributed by atoms with Gasteiger partial charge in [-0.25, -0.2) is 9.79 Å². The monoisotopic (exact) mass is 370 g/mol. The van der Waals surface area contributed by atoms with Crippen molar-refractivity contribution in [2.45, 2.75) is 6.61 Å². The molecule has 0 saturated heterocycles. The maximum Gasteiger partial charge on any atom is 0.387 e. The predicted octanol–water partition coefficient (Wildman–Crippen LogP) is 3.53. The van der Waals surface area contributed by atoms with Crippen molar-refractivity contribution in [2.24, 2.45) is 4.99 Å². The summed E-state index contributed by atoms with van der Waals surface area (Å²) in [5, 5.41) is 8.49. The van der Waals surface area contributed by atoms with Crippen LogP contribution in [-0.2, 0) is 9.53 Å². The van der Waals surface area contributed by atoms with E-state index >= 15 is 0 Å². The first-order valence-corrected chi connectivity index (χ1v) is 7.73. The molecule has 1 aliphatic heterocycles. The molecule has 6 nitrogen and oxygen atoms in total. The van der Waals surface area contributed by atoms with Gasteiger partial charge in [0.2, 0.25) is 5.90 Å². The first-order valence-electron chi connectivity index (χ1n) is 7.73. The summed E-state index contributed by atoms with van der Waals surface area (Å²) >= 11 is 0. The van der Waals surface area contributed by atoms with E-state index < -0.39 is 12.6 Å². The molecule has 0 radical (unpaired) electrons. The van der Waals surface area contributed by atoms with Crippen molar-refractivity contribution in [2.75, 3.05) is 6.61 Å². The molecule has 0 aromatic heterocycles. The normalized spacial score (nSPS) is 14.7. The minimum atomic E-state index is -3.01. The number of nitriles is 1. The van der Waals surface area contributed by atoms with Crippen LogP contribution in [-0.4, -0.2) is 25.1 Å². The van der Waals surface area contributed by atoms with Gasteiger partial charge in [0.05, 0.1) is 5.56 Å². The summed E-state index contributed by atoms with van der Waals surface area (Å²) in [6.07, 6.45) is 1.49. The van der Waals surface area contributed by atoms with Gasteiger partial charge in [-0.15, -0.1) is 0 Å². The lowest BCUT2D eigenvalue weighted by Crippen LogP contribution is -2.10. The highest BCUT2D eigenvalue weighted by molar-refractivity contribution is 6.13. The van der Waals surface area contributed by atoms with E-state index in [9.17, 15) is 13.6 Å². The first-order chi connectivity index (χ1) is 13.1. The van der Waals surface area contributed by atoms with E-state index in [1.807, 2.05) is 6.07 Å². The van der Waals surface area contributed by atoms with Gasteiger partial charge in [-0.05, 0) is 35.9 Å². The molecule has 27 heavy (non-hydrogen) atoms. The highest BCUT2D eigenvalue weighted by Crippen LogP contribution is 2.26. The van der Waals surface area contributed by atoms with Gasteiger partial charge in [-0.3, -0.25) is 0 Å². The molecule has 0 saturated carbocycles. The van der Waals surface area contributed by atoms with E-state index in [1.165, 1.54) is 24.3 Å². The van der Waals surface area contributed by atoms with Gasteiger partial charge in [0, 0.05) is 0 Å². The third kappa shape index (κ3) is 4.46. The van der Waals surface area contributed by atoms with Crippen LogP contribution in [0.5, 0.6) is 11.5 Å². The van der Waals surface area contributed by atoms with Crippen LogP contribution in [0.15, 0.2) is 59.2 Å². The number of carbonyl (C=O) groups excluding carboxylic acids is 1. The summed E-state index contributed by atoms with van der Waals surface area (Å²) in [6, 6.07) is 14.4. The Balaban J connectivity index is 1.84. The number of nitrogens with zero attached hydrogens (tertiary/aromatic N) is 2. The van der Waals surface area contributed by atoms with Crippen LogP contribution in [0, 0.1) is 11.3 Å². The molecule has 8 heteroatoms. The average molecular weight is 370 g/mol. The molecule has 1 aliphatic rings. The summed E-state index contributed by atoms with van der Waals surface area (Å²) in [5.41, 5.74) is 0.811. The number of alkyl halides is 2.